The lowest BCUT2D eigenvalue weighted by molar-refractivity contribution is 0.473. The molecule has 0 atom stereocenters. The molecule has 53 valence electrons. The Kier molecular flexibility index (Phi) is 2.94. The highest BCUT2D eigenvalue weighted by Crippen LogP contribution is 2.01. The van der Waals surface area contributed by atoms with Gasteiger partial charge in [-0.3, -0.25) is 4.39 Å². The highest BCUT2D eigenvalue weighted by molar-refractivity contribution is 5.13. The minimum Gasteiger partial charge on any atom is -0.251 e. The van der Waals surface area contributed by atoms with Crippen LogP contribution in [0.25, 0.3) is 0 Å². The number of rotatable bonds is 3. The van der Waals surface area contributed by atoms with Crippen LogP contribution in [0.2, 0.25) is 0 Å². The van der Waals surface area contributed by atoms with Crippen LogP contribution in [-0.4, -0.2) is 6.67 Å². The summed E-state index contributed by atoms with van der Waals surface area (Å²) in [5.74, 6) is 0. The van der Waals surface area contributed by atoms with Gasteiger partial charge in [-0.15, -0.1) is 0 Å². The third-order valence-electron chi connectivity index (χ3n) is 1.37. The molecule has 0 fully saturated rings. The fourth-order valence-corrected chi connectivity index (χ4v) is 0.857. The molecule has 0 nitrogen and oxygen atoms in total. The molecular weight excluding hydrogens is 127 g/mol. The van der Waals surface area contributed by atoms with Gasteiger partial charge in [-0.25, -0.2) is 0 Å². The van der Waals surface area contributed by atoms with E-state index in [-0.39, 0.29) is 6.67 Å². The smallest absolute Gasteiger partial charge is 0.0897 e. The lowest BCUT2D eigenvalue weighted by Crippen LogP contribution is -1.84. The van der Waals surface area contributed by atoms with Crippen molar-refractivity contribution in [3.05, 3.63) is 35.9 Å². The third kappa shape index (κ3) is 2.18. The molecule has 1 aromatic carbocycles. The van der Waals surface area contributed by atoms with E-state index < -0.39 is 0 Å². The summed E-state index contributed by atoms with van der Waals surface area (Å²) in [7, 11) is 0. The first-order valence-electron chi connectivity index (χ1n) is 3.44. The Hall–Kier alpha value is -0.850. The van der Waals surface area contributed by atoms with Crippen LogP contribution < -0.4 is 0 Å². The monoisotopic (exact) mass is 137 g/mol. The normalized spacial score (nSPS) is 9.70. The van der Waals surface area contributed by atoms with E-state index in [9.17, 15) is 4.39 Å². The van der Waals surface area contributed by atoms with E-state index in [1.807, 2.05) is 24.3 Å². The molecule has 0 unspecified atom stereocenters. The van der Waals surface area contributed by atoms with Crippen molar-refractivity contribution in [2.24, 2.45) is 0 Å². The Morgan fingerprint density at radius 3 is 3.00 bits per heavy atom. The van der Waals surface area contributed by atoms with Gasteiger partial charge in [-0.2, -0.15) is 0 Å². The fraction of sp³-hybridized carbons (Fsp3) is 0.333. The lowest BCUT2D eigenvalue weighted by Gasteiger charge is -1.94. The van der Waals surface area contributed by atoms with Crippen LogP contribution in [0.5, 0.6) is 0 Å². The minimum absolute atomic E-state index is 0.227. The Morgan fingerprint density at radius 1 is 1.50 bits per heavy atom. The quantitative estimate of drug-likeness (QED) is 0.600. The van der Waals surface area contributed by atoms with Crippen LogP contribution in [0, 0.1) is 6.07 Å². The number of alkyl halides is 1. The summed E-state index contributed by atoms with van der Waals surface area (Å²) >= 11 is 0. The van der Waals surface area contributed by atoms with Crippen molar-refractivity contribution in [2.45, 2.75) is 12.8 Å². The predicted octanol–water partition coefficient (Wildman–Crippen LogP) is 2.39. The highest BCUT2D eigenvalue weighted by atomic mass is 19.1. The molecular formula is C9H10F. The molecule has 0 amide bonds. The van der Waals surface area contributed by atoms with Crippen molar-refractivity contribution in [2.75, 3.05) is 6.67 Å². The van der Waals surface area contributed by atoms with E-state index in [4.69, 9.17) is 0 Å². The maximum Gasteiger partial charge on any atom is 0.0897 e. The maximum absolute atomic E-state index is 11.7. The zero-order valence-electron chi connectivity index (χ0n) is 5.81. The average Bonchev–Trinajstić information content (AvgIpc) is 2.03. The standard InChI is InChI=1S/C9H10F/c10-8-4-7-9-5-2-1-3-6-9/h1-2,5-6H,4,7-8H2. The number of hydrogen-bond acceptors (Lipinski definition) is 0. The first kappa shape index (κ1) is 7.26. The Bertz CT molecular complexity index is 169. The molecule has 0 aliphatic carbocycles. The molecule has 0 spiro atoms. The van der Waals surface area contributed by atoms with Crippen molar-refractivity contribution in [1.82, 2.24) is 0 Å². The first-order chi connectivity index (χ1) is 4.93. The van der Waals surface area contributed by atoms with Gasteiger partial charge >= 0.3 is 0 Å². The predicted molar refractivity (Wildman–Crippen MR) is 39.6 cm³/mol. The molecule has 0 N–H and O–H groups in total. The second kappa shape index (κ2) is 4.04. The lowest BCUT2D eigenvalue weighted by atomic mass is 10.1. The molecule has 1 heteroatoms. The van der Waals surface area contributed by atoms with E-state index in [1.54, 1.807) is 0 Å². The summed E-state index contributed by atoms with van der Waals surface area (Å²) in [6, 6.07) is 10.6. The number of benzene rings is 1. The molecule has 0 aromatic heterocycles. The SMILES string of the molecule is FCCCc1c[c]ccc1. The van der Waals surface area contributed by atoms with Gasteiger partial charge < -0.3 is 0 Å². The molecule has 1 aromatic rings. The van der Waals surface area contributed by atoms with E-state index in [1.165, 1.54) is 5.56 Å². The van der Waals surface area contributed by atoms with Crippen LogP contribution in [0.3, 0.4) is 0 Å². The van der Waals surface area contributed by atoms with Gasteiger partial charge in [0.25, 0.3) is 0 Å². The summed E-state index contributed by atoms with van der Waals surface area (Å²) in [5.41, 5.74) is 1.17. The molecule has 1 radical (unpaired) electrons. The van der Waals surface area contributed by atoms with Gasteiger partial charge in [-0.05, 0) is 24.5 Å². The van der Waals surface area contributed by atoms with Crippen LogP contribution in [0.1, 0.15) is 12.0 Å². The second-order valence-corrected chi connectivity index (χ2v) is 2.20. The van der Waals surface area contributed by atoms with Gasteiger partial charge in [0.05, 0.1) is 6.67 Å². The third-order valence-corrected chi connectivity index (χ3v) is 1.37. The van der Waals surface area contributed by atoms with Gasteiger partial charge in [0.2, 0.25) is 0 Å². The molecule has 0 aliphatic heterocycles. The van der Waals surface area contributed by atoms with Gasteiger partial charge in [0.15, 0.2) is 0 Å². The number of halogens is 1. The summed E-state index contributed by atoms with van der Waals surface area (Å²) in [6.07, 6.45) is 1.45. The summed E-state index contributed by atoms with van der Waals surface area (Å²) in [5, 5.41) is 0. The van der Waals surface area contributed by atoms with Crippen molar-refractivity contribution >= 4 is 0 Å². The summed E-state index contributed by atoms with van der Waals surface area (Å²) < 4.78 is 11.7. The average molecular weight is 137 g/mol. The molecule has 0 heterocycles. The molecule has 1 rings (SSSR count). The number of aryl methyl sites for hydroxylation is 1. The van der Waals surface area contributed by atoms with Crippen LogP contribution >= 0.6 is 0 Å². The van der Waals surface area contributed by atoms with Crippen molar-refractivity contribution in [3.63, 3.8) is 0 Å². The zero-order chi connectivity index (χ0) is 7.23. The van der Waals surface area contributed by atoms with Crippen molar-refractivity contribution < 1.29 is 4.39 Å². The summed E-state index contributed by atoms with van der Waals surface area (Å²) in [6.45, 7) is -0.227. The fourth-order valence-electron chi connectivity index (χ4n) is 0.857. The van der Waals surface area contributed by atoms with Crippen LogP contribution in [0.4, 0.5) is 4.39 Å². The molecule has 10 heavy (non-hydrogen) atoms. The van der Waals surface area contributed by atoms with Crippen molar-refractivity contribution in [3.8, 4) is 0 Å². The number of hydrogen-bond donors (Lipinski definition) is 0. The highest BCUT2D eigenvalue weighted by Gasteiger charge is 1.89. The van der Waals surface area contributed by atoms with E-state index in [2.05, 4.69) is 6.07 Å². The molecule has 0 bridgehead atoms. The molecule has 0 saturated heterocycles. The first-order valence-corrected chi connectivity index (χ1v) is 3.44. The topological polar surface area (TPSA) is 0 Å². The van der Waals surface area contributed by atoms with Crippen molar-refractivity contribution in [1.29, 1.82) is 0 Å². The van der Waals surface area contributed by atoms with E-state index in [0.29, 0.717) is 6.42 Å². The molecule has 0 aliphatic rings. The largest absolute Gasteiger partial charge is 0.251 e. The Labute approximate surface area is 60.7 Å². The molecule has 0 saturated carbocycles. The summed E-state index contributed by atoms with van der Waals surface area (Å²) in [4.78, 5) is 0. The van der Waals surface area contributed by atoms with Crippen LogP contribution in [0.15, 0.2) is 24.3 Å². The maximum atomic E-state index is 11.7. The van der Waals surface area contributed by atoms with Crippen LogP contribution in [-0.2, 0) is 6.42 Å². The Balaban J connectivity index is 2.43. The van der Waals surface area contributed by atoms with E-state index >= 15 is 0 Å². The zero-order valence-corrected chi connectivity index (χ0v) is 5.81. The second-order valence-electron chi connectivity index (χ2n) is 2.20. The minimum atomic E-state index is -0.227. The van der Waals surface area contributed by atoms with E-state index in [0.717, 1.165) is 6.42 Å². The van der Waals surface area contributed by atoms with Gasteiger partial charge in [0.1, 0.15) is 0 Å². The van der Waals surface area contributed by atoms with Gasteiger partial charge in [0, 0.05) is 0 Å². The Morgan fingerprint density at radius 2 is 2.40 bits per heavy atom. The van der Waals surface area contributed by atoms with Gasteiger partial charge in [-0.1, -0.05) is 24.3 Å².